The minimum Gasteiger partial charge on any atom is -0.389 e. The van der Waals surface area contributed by atoms with Gasteiger partial charge in [-0.2, -0.15) is 0 Å². The molecule has 0 saturated carbocycles. The zero-order valence-corrected chi connectivity index (χ0v) is 6.96. The van der Waals surface area contributed by atoms with Gasteiger partial charge in [-0.25, -0.2) is 0 Å². The van der Waals surface area contributed by atoms with Crippen LogP contribution < -0.4 is 5.73 Å². The number of hydrogen-bond acceptors (Lipinski definition) is 4. The Morgan fingerprint density at radius 3 is 2.64 bits per heavy atom. The molecule has 4 heteroatoms. The first-order valence-electron chi connectivity index (χ1n) is 3.45. The molecule has 0 amide bonds. The van der Waals surface area contributed by atoms with E-state index >= 15 is 0 Å². The monoisotopic (exact) mass is 157 g/mol. The fraction of sp³-hybridized carbons (Fsp3) is 0.714. The number of nitrogens with zero attached hydrogens (tertiary/aromatic N) is 1. The predicted octanol–water partition coefficient (Wildman–Crippen LogP) is -0.193. The van der Waals surface area contributed by atoms with E-state index < -0.39 is 5.60 Å². The van der Waals surface area contributed by atoms with Crippen LogP contribution in [0.1, 0.15) is 13.8 Å². The molecule has 0 heterocycles. The third kappa shape index (κ3) is 7.15. The molecule has 0 rings (SSSR count). The summed E-state index contributed by atoms with van der Waals surface area (Å²) in [7, 11) is 0. The van der Waals surface area contributed by atoms with Gasteiger partial charge in [0.15, 0.2) is 0 Å². The highest BCUT2D eigenvalue weighted by Crippen LogP contribution is 1.99. The van der Waals surface area contributed by atoms with Crippen LogP contribution in [0.15, 0.2) is 4.99 Å². The van der Waals surface area contributed by atoms with Crippen molar-refractivity contribution in [3.63, 3.8) is 0 Å². The molecular formula is C7H15N3O. The van der Waals surface area contributed by atoms with E-state index in [0.717, 1.165) is 0 Å². The normalized spacial score (nSPS) is 12.4. The van der Waals surface area contributed by atoms with Gasteiger partial charge in [0.25, 0.3) is 0 Å². The first-order chi connectivity index (χ1) is 4.95. The van der Waals surface area contributed by atoms with Gasteiger partial charge in [-0.05, 0) is 13.8 Å². The minimum absolute atomic E-state index is 0.190. The maximum Gasteiger partial charge on any atom is 0.0786 e. The van der Waals surface area contributed by atoms with Crippen LogP contribution in [-0.2, 0) is 0 Å². The van der Waals surface area contributed by atoms with Crippen molar-refractivity contribution in [2.45, 2.75) is 19.4 Å². The SMILES string of the molecule is CC(C)(O)CN=CC(=N)CN. The fourth-order valence-electron chi connectivity index (χ4n) is 0.432. The maximum atomic E-state index is 9.19. The molecule has 0 aliphatic rings. The Morgan fingerprint density at radius 2 is 2.27 bits per heavy atom. The second-order valence-corrected chi connectivity index (χ2v) is 3.01. The van der Waals surface area contributed by atoms with Crippen molar-refractivity contribution in [3.8, 4) is 0 Å². The Labute approximate surface area is 66.6 Å². The van der Waals surface area contributed by atoms with Crippen LogP contribution in [0.25, 0.3) is 0 Å². The van der Waals surface area contributed by atoms with Gasteiger partial charge in [-0.1, -0.05) is 0 Å². The van der Waals surface area contributed by atoms with E-state index in [2.05, 4.69) is 4.99 Å². The van der Waals surface area contributed by atoms with Crippen molar-refractivity contribution in [1.82, 2.24) is 0 Å². The molecule has 4 N–H and O–H groups in total. The number of nitrogens with one attached hydrogen (secondary N) is 1. The van der Waals surface area contributed by atoms with E-state index in [-0.39, 0.29) is 12.3 Å². The molecule has 11 heavy (non-hydrogen) atoms. The molecule has 0 aliphatic carbocycles. The Bertz CT molecular complexity index is 158. The van der Waals surface area contributed by atoms with E-state index in [9.17, 15) is 5.11 Å². The molecule has 0 aromatic rings. The zero-order valence-electron chi connectivity index (χ0n) is 6.96. The highest BCUT2D eigenvalue weighted by Gasteiger charge is 2.09. The molecule has 0 aromatic carbocycles. The highest BCUT2D eigenvalue weighted by atomic mass is 16.3. The predicted molar refractivity (Wildman–Crippen MR) is 46.4 cm³/mol. The van der Waals surface area contributed by atoms with Crippen LogP contribution >= 0.6 is 0 Å². The second-order valence-electron chi connectivity index (χ2n) is 3.01. The summed E-state index contributed by atoms with van der Waals surface area (Å²) in [6.07, 6.45) is 1.37. The highest BCUT2D eigenvalue weighted by molar-refractivity contribution is 6.29. The smallest absolute Gasteiger partial charge is 0.0786 e. The molecule has 0 unspecified atom stereocenters. The molecule has 0 atom stereocenters. The lowest BCUT2D eigenvalue weighted by Crippen LogP contribution is -2.23. The van der Waals surface area contributed by atoms with Gasteiger partial charge in [0.05, 0.1) is 17.9 Å². The van der Waals surface area contributed by atoms with Crippen molar-refractivity contribution in [2.24, 2.45) is 10.7 Å². The maximum absolute atomic E-state index is 9.19. The molecule has 0 bridgehead atoms. The summed E-state index contributed by atoms with van der Waals surface area (Å²) in [6, 6.07) is 0. The molecule has 0 radical (unpaired) electrons. The number of aliphatic hydroxyl groups is 1. The third-order valence-electron chi connectivity index (χ3n) is 0.945. The van der Waals surface area contributed by atoms with E-state index in [1.54, 1.807) is 13.8 Å². The number of rotatable bonds is 4. The standard InChI is InChI=1S/C7H15N3O/c1-7(2,11)5-10-4-6(9)3-8/h4,9,11H,3,5,8H2,1-2H3. The molecule has 0 aromatic heterocycles. The number of aliphatic imine (C=N–C) groups is 1. The van der Waals surface area contributed by atoms with Crippen molar-refractivity contribution >= 4 is 11.9 Å². The summed E-state index contributed by atoms with van der Waals surface area (Å²) in [5.74, 6) is 0. The summed E-state index contributed by atoms with van der Waals surface area (Å²) in [5, 5.41) is 16.3. The zero-order chi connectivity index (χ0) is 8.91. The first kappa shape index (κ1) is 10.3. The summed E-state index contributed by atoms with van der Waals surface area (Å²) in [5.41, 5.74) is 4.62. The summed E-state index contributed by atoms with van der Waals surface area (Å²) < 4.78 is 0. The largest absolute Gasteiger partial charge is 0.389 e. The lowest BCUT2D eigenvalue weighted by atomic mass is 10.1. The fourth-order valence-corrected chi connectivity index (χ4v) is 0.432. The van der Waals surface area contributed by atoms with Crippen LogP contribution in [0, 0.1) is 5.41 Å². The Kier molecular flexibility index (Phi) is 3.92. The van der Waals surface area contributed by atoms with Crippen LogP contribution in [0.5, 0.6) is 0 Å². The van der Waals surface area contributed by atoms with Gasteiger partial charge in [0.1, 0.15) is 0 Å². The van der Waals surface area contributed by atoms with E-state index in [4.69, 9.17) is 11.1 Å². The third-order valence-corrected chi connectivity index (χ3v) is 0.945. The summed E-state index contributed by atoms with van der Waals surface area (Å²) in [4.78, 5) is 3.83. The van der Waals surface area contributed by atoms with Gasteiger partial charge >= 0.3 is 0 Å². The van der Waals surface area contributed by atoms with Crippen LogP contribution in [-0.4, -0.2) is 35.7 Å². The summed E-state index contributed by atoms with van der Waals surface area (Å²) >= 11 is 0. The second kappa shape index (κ2) is 4.20. The molecular weight excluding hydrogens is 142 g/mol. The molecule has 4 nitrogen and oxygen atoms in total. The average Bonchev–Trinajstić information content (AvgIpc) is 1.85. The van der Waals surface area contributed by atoms with Crippen LogP contribution in [0.4, 0.5) is 0 Å². The Morgan fingerprint density at radius 1 is 1.73 bits per heavy atom. The molecule has 0 spiro atoms. The van der Waals surface area contributed by atoms with Gasteiger partial charge in [0, 0.05) is 12.8 Å². The van der Waals surface area contributed by atoms with Gasteiger partial charge in [-0.15, -0.1) is 0 Å². The quantitative estimate of drug-likeness (QED) is 0.494. The van der Waals surface area contributed by atoms with Gasteiger partial charge in [0.2, 0.25) is 0 Å². The van der Waals surface area contributed by atoms with E-state index in [1.165, 1.54) is 6.21 Å². The topological polar surface area (TPSA) is 82.5 Å². The van der Waals surface area contributed by atoms with Crippen molar-refractivity contribution in [2.75, 3.05) is 13.1 Å². The average molecular weight is 157 g/mol. The minimum atomic E-state index is -0.800. The first-order valence-corrected chi connectivity index (χ1v) is 3.45. The lowest BCUT2D eigenvalue weighted by Gasteiger charge is -2.12. The lowest BCUT2D eigenvalue weighted by molar-refractivity contribution is 0.0906. The number of nitrogens with two attached hydrogens (primary N) is 1. The summed E-state index contributed by atoms with van der Waals surface area (Å²) in [6.45, 7) is 3.82. The van der Waals surface area contributed by atoms with Crippen molar-refractivity contribution in [1.29, 1.82) is 5.41 Å². The Hall–Kier alpha value is -0.740. The number of hydrogen-bond donors (Lipinski definition) is 3. The Balaban J connectivity index is 3.70. The van der Waals surface area contributed by atoms with Crippen LogP contribution in [0.3, 0.4) is 0 Å². The van der Waals surface area contributed by atoms with E-state index in [1.807, 2.05) is 0 Å². The molecule has 64 valence electrons. The van der Waals surface area contributed by atoms with Crippen LogP contribution in [0.2, 0.25) is 0 Å². The molecule has 0 aliphatic heterocycles. The van der Waals surface area contributed by atoms with Crippen molar-refractivity contribution < 1.29 is 5.11 Å². The van der Waals surface area contributed by atoms with E-state index in [0.29, 0.717) is 6.54 Å². The molecule has 0 fully saturated rings. The van der Waals surface area contributed by atoms with Gasteiger partial charge in [-0.3, -0.25) is 4.99 Å². The molecule has 0 saturated heterocycles. The van der Waals surface area contributed by atoms with Gasteiger partial charge < -0.3 is 16.2 Å². The van der Waals surface area contributed by atoms with Crippen molar-refractivity contribution in [3.05, 3.63) is 0 Å².